The minimum absolute atomic E-state index is 0.128. The highest BCUT2D eigenvalue weighted by atomic mass is 16.1. The van der Waals surface area contributed by atoms with Crippen LogP contribution < -0.4 is 11.1 Å². The van der Waals surface area contributed by atoms with Crippen molar-refractivity contribution in [3.05, 3.63) is 58.7 Å². The molecule has 0 saturated heterocycles. The lowest BCUT2D eigenvalue weighted by atomic mass is 10.0. The van der Waals surface area contributed by atoms with Crippen LogP contribution >= 0.6 is 0 Å². The molecule has 2 aromatic rings. The van der Waals surface area contributed by atoms with Crippen molar-refractivity contribution in [1.29, 1.82) is 0 Å². The largest absolute Gasteiger partial charge is 0.398 e. The van der Waals surface area contributed by atoms with Crippen LogP contribution in [0.4, 0.5) is 11.4 Å². The average molecular weight is 282 g/mol. The molecule has 0 aromatic heterocycles. The molecule has 0 radical (unpaired) electrons. The number of nitrogen functional groups attached to an aromatic ring is 1. The maximum Gasteiger partial charge on any atom is 0.256 e. The summed E-state index contributed by atoms with van der Waals surface area (Å²) in [5, 5.41) is 2.92. The summed E-state index contributed by atoms with van der Waals surface area (Å²) in [5.74, 6) is 0.352. The van der Waals surface area contributed by atoms with E-state index in [0.717, 1.165) is 16.8 Å². The van der Waals surface area contributed by atoms with E-state index < -0.39 is 0 Å². The fourth-order valence-electron chi connectivity index (χ4n) is 2.26. The highest BCUT2D eigenvalue weighted by molar-refractivity contribution is 6.05. The van der Waals surface area contributed by atoms with E-state index in [-0.39, 0.29) is 5.91 Å². The van der Waals surface area contributed by atoms with Gasteiger partial charge in [0.15, 0.2) is 0 Å². The molecule has 3 nitrogen and oxygen atoms in total. The monoisotopic (exact) mass is 282 g/mol. The van der Waals surface area contributed by atoms with Gasteiger partial charge in [-0.05, 0) is 54.7 Å². The Morgan fingerprint density at radius 2 is 1.67 bits per heavy atom. The molecular formula is C18H22N2O. The van der Waals surface area contributed by atoms with Crippen LogP contribution in [0.1, 0.15) is 46.8 Å². The number of nitrogens with one attached hydrogen (secondary N) is 1. The number of anilines is 2. The van der Waals surface area contributed by atoms with Gasteiger partial charge in [0.05, 0.1) is 0 Å². The first-order valence-electron chi connectivity index (χ1n) is 7.16. The summed E-state index contributed by atoms with van der Waals surface area (Å²) in [6, 6.07) is 11.6. The first-order chi connectivity index (χ1) is 9.88. The zero-order valence-corrected chi connectivity index (χ0v) is 13.0. The maximum absolute atomic E-state index is 12.4. The predicted octanol–water partition coefficient (Wildman–Crippen LogP) is 4.26. The molecule has 21 heavy (non-hydrogen) atoms. The normalized spacial score (nSPS) is 10.7. The number of rotatable bonds is 3. The van der Waals surface area contributed by atoms with Gasteiger partial charge in [0.1, 0.15) is 0 Å². The van der Waals surface area contributed by atoms with Gasteiger partial charge in [0.2, 0.25) is 0 Å². The molecule has 0 aliphatic heterocycles. The molecule has 110 valence electrons. The van der Waals surface area contributed by atoms with Crippen molar-refractivity contribution in [1.82, 2.24) is 0 Å². The molecule has 0 aliphatic rings. The van der Waals surface area contributed by atoms with Crippen LogP contribution in [0.25, 0.3) is 0 Å². The molecule has 2 rings (SSSR count). The lowest BCUT2D eigenvalue weighted by Crippen LogP contribution is -2.14. The summed E-state index contributed by atoms with van der Waals surface area (Å²) in [7, 11) is 0. The Bertz CT molecular complexity index is 658. The molecule has 2 aromatic carbocycles. The number of benzene rings is 2. The van der Waals surface area contributed by atoms with Gasteiger partial charge in [-0.2, -0.15) is 0 Å². The van der Waals surface area contributed by atoms with Gasteiger partial charge in [-0.25, -0.2) is 0 Å². The van der Waals surface area contributed by atoms with Crippen LogP contribution in [-0.4, -0.2) is 5.91 Å². The highest BCUT2D eigenvalue weighted by Gasteiger charge is 2.11. The number of hydrogen-bond donors (Lipinski definition) is 2. The van der Waals surface area contributed by atoms with Crippen LogP contribution in [-0.2, 0) is 0 Å². The van der Waals surface area contributed by atoms with Gasteiger partial charge in [0.25, 0.3) is 5.91 Å². The maximum atomic E-state index is 12.4. The van der Waals surface area contributed by atoms with Crippen LogP contribution in [0.3, 0.4) is 0 Å². The van der Waals surface area contributed by atoms with Crippen molar-refractivity contribution < 1.29 is 4.79 Å². The van der Waals surface area contributed by atoms with Crippen molar-refractivity contribution in [3.63, 3.8) is 0 Å². The van der Waals surface area contributed by atoms with Gasteiger partial charge in [-0.15, -0.1) is 0 Å². The Balaban J connectivity index is 2.20. The van der Waals surface area contributed by atoms with Crippen LogP contribution in [0, 0.1) is 13.8 Å². The Hall–Kier alpha value is -2.29. The van der Waals surface area contributed by atoms with Crippen molar-refractivity contribution >= 4 is 17.3 Å². The zero-order valence-electron chi connectivity index (χ0n) is 13.0. The average Bonchev–Trinajstić information content (AvgIpc) is 2.43. The van der Waals surface area contributed by atoms with Gasteiger partial charge < -0.3 is 11.1 Å². The second-order valence-electron chi connectivity index (χ2n) is 5.75. The van der Waals surface area contributed by atoms with E-state index in [1.54, 1.807) is 6.07 Å². The molecule has 3 heteroatoms. The second kappa shape index (κ2) is 6.00. The number of aryl methyl sites for hydroxylation is 2. The summed E-state index contributed by atoms with van der Waals surface area (Å²) in [6.45, 7) is 8.15. The number of amides is 1. The van der Waals surface area contributed by atoms with Crippen LogP contribution in [0.15, 0.2) is 36.4 Å². The van der Waals surface area contributed by atoms with Crippen molar-refractivity contribution in [2.75, 3.05) is 11.1 Å². The first-order valence-corrected chi connectivity index (χ1v) is 7.16. The predicted molar refractivity (Wildman–Crippen MR) is 88.8 cm³/mol. The SMILES string of the molecule is Cc1cc(C)c(C(=O)Nc2ccc(C(C)C)cc2)cc1N. The topological polar surface area (TPSA) is 55.1 Å². The summed E-state index contributed by atoms with van der Waals surface area (Å²) in [4.78, 5) is 12.4. The second-order valence-corrected chi connectivity index (χ2v) is 5.75. The van der Waals surface area contributed by atoms with E-state index in [9.17, 15) is 4.79 Å². The molecule has 3 N–H and O–H groups in total. The van der Waals surface area contributed by atoms with E-state index >= 15 is 0 Å². The Morgan fingerprint density at radius 1 is 1.05 bits per heavy atom. The number of hydrogen-bond acceptors (Lipinski definition) is 2. The third kappa shape index (κ3) is 3.43. The zero-order chi connectivity index (χ0) is 15.6. The third-order valence-electron chi connectivity index (χ3n) is 3.69. The molecule has 0 heterocycles. The molecule has 0 aliphatic carbocycles. The lowest BCUT2D eigenvalue weighted by molar-refractivity contribution is 0.102. The molecule has 0 saturated carbocycles. The van der Waals surface area contributed by atoms with Crippen molar-refractivity contribution in [3.8, 4) is 0 Å². The van der Waals surface area contributed by atoms with E-state index in [1.165, 1.54) is 5.56 Å². The molecule has 1 amide bonds. The van der Waals surface area contributed by atoms with Gasteiger partial charge in [-0.3, -0.25) is 4.79 Å². The molecule has 0 bridgehead atoms. The number of nitrogens with two attached hydrogens (primary N) is 1. The molecule has 0 fully saturated rings. The van der Waals surface area contributed by atoms with E-state index in [4.69, 9.17) is 5.73 Å². The van der Waals surface area contributed by atoms with Gasteiger partial charge in [-0.1, -0.05) is 32.0 Å². The molecule has 0 spiro atoms. The van der Waals surface area contributed by atoms with E-state index in [2.05, 4.69) is 19.2 Å². The minimum Gasteiger partial charge on any atom is -0.398 e. The van der Waals surface area contributed by atoms with Gasteiger partial charge >= 0.3 is 0 Å². The Labute approximate surface area is 126 Å². The fourth-order valence-corrected chi connectivity index (χ4v) is 2.26. The summed E-state index contributed by atoms with van der Waals surface area (Å²) < 4.78 is 0. The van der Waals surface area contributed by atoms with Gasteiger partial charge in [0, 0.05) is 16.9 Å². The lowest BCUT2D eigenvalue weighted by Gasteiger charge is -2.11. The Morgan fingerprint density at radius 3 is 2.24 bits per heavy atom. The summed E-state index contributed by atoms with van der Waals surface area (Å²) in [6.07, 6.45) is 0. The molecule has 0 unspecified atom stereocenters. The Kier molecular flexibility index (Phi) is 4.32. The third-order valence-corrected chi connectivity index (χ3v) is 3.69. The van der Waals surface area contributed by atoms with Crippen molar-refractivity contribution in [2.24, 2.45) is 0 Å². The van der Waals surface area contributed by atoms with E-state index in [0.29, 0.717) is 17.2 Å². The number of carbonyl (C=O) groups excluding carboxylic acids is 1. The first kappa shape index (κ1) is 15.1. The number of carbonyl (C=O) groups is 1. The molecule has 0 atom stereocenters. The van der Waals surface area contributed by atoms with Crippen LogP contribution in [0.5, 0.6) is 0 Å². The van der Waals surface area contributed by atoms with E-state index in [1.807, 2.05) is 44.2 Å². The molecular weight excluding hydrogens is 260 g/mol. The fraction of sp³-hybridized carbons (Fsp3) is 0.278. The minimum atomic E-state index is -0.128. The summed E-state index contributed by atoms with van der Waals surface area (Å²) in [5.41, 5.74) is 11.1. The van der Waals surface area contributed by atoms with Crippen LogP contribution in [0.2, 0.25) is 0 Å². The smallest absolute Gasteiger partial charge is 0.256 e. The standard InChI is InChI=1S/C18H22N2O/c1-11(2)14-5-7-15(8-6-14)20-18(21)16-10-17(19)13(4)9-12(16)3/h5-11H,19H2,1-4H3,(H,20,21). The quantitative estimate of drug-likeness (QED) is 0.826. The summed E-state index contributed by atoms with van der Waals surface area (Å²) >= 11 is 0. The van der Waals surface area contributed by atoms with Crippen molar-refractivity contribution in [2.45, 2.75) is 33.6 Å². The highest BCUT2D eigenvalue weighted by Crippen LogP contribution is 2.21.